The quantitative estimate of drug-likeness (QED) is 0.592. The van der Waals surface area contributed by atoms with E-state index in [4.69, 9.17) is 5.73 Å². The van der Waals surface area contributed by atoms with Gasteiger partial charge in [0, 0.05) is 6.04 Å². The van der Waals surface area contributed by atoms with Crippen LogP contribution in [-0.2, 0) is 0 Å². The molecule has 1 amide bonds. The predicted octanol–water partition coefficient (Wildman–Crippen LogP) is 1.20. The van der Waals surface area contributed by atoms with E-state index in [2.05, 4.69) is 5.32 Å². The average Bonchev–Trinajstić information content (AvgIpc) is 2.31. The third-order valence-corrected chi connectivity index (χ3v) is 2.86. The van der Waals surface area contributed by atoms with Gasteiger partial charge >= 0.3 is 0 Å². The van der Waals surface area contributed by atoms with Crippen LogP contribution in [0.3, 0.4) is 0 Å². The Morgan fingerprint density at radius 1 is 1.39 bits per heavy atom. The third kappa shape index (κ3) is 3.37. The van der Waals surface area contributed by atoms with Crippen LogP contribution in [-0.4, -0.2) is 28.7 Å². The minimum absolute atomic E-state index is 0.0516. The first-order valence-corrected chi connectivity index (χ1v) is 5.99. The molecule has 1 rings (SSSR count). The smallest absolute Gasteiger partial charge is 0.255 e. The van der Waals surface area contributed by atoms with Gasteiger partial charge in [-0.05, 0) is 31.0 Å². The van der Waals surface area contributed by atoms with E-state index >= 15 is 0 Å². The van der Waals surface area contributed by atoms with Gasteiger partial charge in [-0.2, -0.15) is 0 Å². The van der Waals surface area contributed by atoms with Crippen molar-refractivity contribution in [2.24, 2.45) is 11.7 Å². The molecule has 0 saturated carbocycles. The molecule has 0 radical (unpaired) electrons. The zero-order valence-corrected chi connectivity index (χ0v) is 10.7. The summed E-state index contributed by atoms with van der Waals surface area (Å²) in [5.74, 6) is -0.861. The summed E-state index contributed by atoms with van der Waals surface area (Å²) < 4.78 is 0. The van der Waals surface area contributed by atoms with Crippen LogP contribution in [0.25, 0.3) is 0 Å². The molecule has 0 fully saturated rings. The van der Waals surface area contributed by atoms with Crippen molar-refractivity contribution >= 4 is 5.91 Å². The molecular weight excluding hydrogens is 232 g/mol. The monoisotopic (exact) mass is 252 g/mol. The van der Waals surface area contributed by atoms with Gasteiger partial charge in [-0.15, -0.1) is 0 Å². The number of carbonyl (C=O) groups is 1. The average molecular weight is 252 g/mol. The van der Waals surface area contributed by atoms with Crippen LogP contribution in [0, 0.1) is 5.92 Å². The van der Waals surface area contributed by atoms with Gasteiger partial charge in [0.1, 0.15) is 0 Å². The number of amides is 1. The number of phenolic OH excluding ortho intramolecular Hbond substituents is 2. The van der Waals surface area contributed by atoms with E-state index in [9.17, 15) is 15.0 Å². The van der Waals surface area contributed by atoms with Crippen LogP contribution in [0.1, 0.15) is 30.6 Å². The van der Waals surface area contributed by atoms with Crippen molar-refractivity contribution < 1.29 is 15.0 Å². The number of phenols is 2. The number of nitrogens with two attached hydrogens (primary N) is 1. The number of para-hydroxylation sites is 1. The van der Waals surface area contributed by atoms with Gasteiger partial charge in [0.25, 0.3) is 5.91 Å². The van der Waals surface area contributed by atoms with Gasteiger partial charge in [-0.3, -0.25) is 4.79 Å². The highest BCUT2D eigenvalue weighted by atomic mass is 16.3. The lowest BCUT2D eigenvalue weighted by molar-refractivity contribution is 0.0920. The maximum absolute atomic E-state index is 12.0. The molecule has 1 atom stereocenters. The van der Waals surface area contributed by atoms with Gasteiger partial charge in [0.15, 0.2) is 11.5 Å². The molecule has 0 aromatic heterocycles. The van der Waals surface area contributed by atoms with Gasteiger partial charge < -0.3 is 21.3 Å². The molecule has 1 unspecified atom stereocenters. The number of hydrogen-bond acceptors (Lipinski definition) is 4. The van der Waals surface area contributed by atoms with E-state index in [0.29, 0.717) is 13.0 Å². The molecule has 0 spiro atoms. The van der Waals surface area contributed by atoms with Crippen LogP contribution in [0.15, 0.2) is 18.2 Å². The van der Waals surface area contributed by atoms with E-state index in [-0.39, 0.29) is 23.3 Å². The molecule has 0 aliphatic carbocycles. The Hall–Kier alpha value is -1.75. The normalized spacial score (nSPS) is 12.4. The summed E-state index contributed by atoms with van der Waals surface area (Å²) in [5.41, 5.74) is 5.56. The topological polar surface area (TPSA) is 95.6 Å². The summed E-state index contributed by atoms with van der Waals surface area (Å²) in [4.78, 5) is 12.0. The molecule has 0 saturated heterocycles. The summed E-state index contributed by atoms with van der Waals surface area (Å²) in [7, 11) is 0. The molecule has 0 bridgehead atoms. The van der Waals surface area contributed by atoms with Crippen LogP contribution < -0.4 is 11.1 Å². The number of benzene rings is 1. The van der Waals surface area contributed by atoms with E-state index in [1.54, 1.807) is 0 Å². The van der Waals surface area contributed by atoms with Gasteiger partial charge in [0.2, 0.25) is 0 Å². The number of aromatic hydroxyl groups is 2. The number of carbonyl (C=O) groups excluding carboxylic acids is 1. The summed E-state index contributed by atoms with van der Waals surface area (Å²) in [5, 5.41) is 21.8. The Bertz CT molecular complexity index is 419. The molecule has 1 aromatic rings. The molecule has 5 nitrogen and oxygen atoms in total. The van der Waals surface area contributed by atoms with Crippen molar-refractivity contribution in [2.75, 3.05) is 6.54 Å². The second-order valence-electron chi connectivity index (χ2n) is 4.57. The van der Waals surface area contributed by atoms with E-state index in [1.165, 1.54) is 18.2 Å². The predicted molar refractivity (Wildman–Crippen MR) is 69.5 cm³/mol. The summed E-state index contributed by atoms with van der Waals surface area (Å²) in [6.45, 7) is 4.46. The summed E-state index contributed by atoms with van der Waals surface area (Å²) in [6, 6.07) is 4.25. The lowest BCUT2D eigenvalue weighted by Crippen LogP contribution is -2.39. The molecule has 0 aliphatic heterocycles. The lowest BCUT2D eigenvalue weighted by atomic mass is 10.0. The van der Waals surface area contributed by atoms with Crippen molar-refractivity contribution in [3.05, 3.63) is 23.8 Å². The summed E-state index contributed by atoms with van der Waals surface area (Å²) >= 11 is 0. The Labute approximate surface area is 107 Å². The second-order valence-corrected chi connectivity index (χ2v) is 4.57. The SMILES string of the molecule is CC(C)C(CCN)NC(=O)c1cccc(O)c1O. The van der Waals surface area contributed by atoms with Gasteiger partial charge in [0.05, 0.1) is 5.56 Å². The second kappa shape index (κ2) is 6.26. The highest BCUT2D eigenvalue weighted by molar-refractivity contribution is 5.97. The Balaban J connectivity index is 2.84. The first-order valence-electron chi connectivity index (χ1n) is 5.99. The molecule has 5 N–H and O–H groups in total. The highest BCUT2D eigenvalue weighted by Crippen LogP contribution is 2.28. The lowest BCUT2D eigenvalue weighted by Gasteiger charge is -2.22. The van der Waals surface area contributed by atoms with Crippen LogP contribution in [0.4, 0.5) is 0 Å². The minimum atomic E-state index is -0.407. The van der Waals surface area contributed by atoms with Crippen molar-refractivity contribution in [2.45, 2.75) is 26.3 Å². The molecule has 1 aromatic carbocycles. The Morgan fingerprint density at radius 3 is 2.61 bits per heavy atom. The van der Waals surface area contributed by atoms with Gasteiger partial charge in [-0.25, -0.2) is 0 Å². The van der Waals surface area contributed by atoms with Gasteiger partial charge in [-0.1, -0.05) is 19.9 Å². The van der Waals surface area contributed by atoms with E-state index < -0.39 is 11.7 Å². The largest absolute Gasteiger partial charge is 0.504 e. The van der Waals surface area contributed by atoms with Crippen molar-refractivity contribution in [1.82, 2.24) is 5.32 Å². The first kappa shape index (κ1) is 14.3. The molecule has 18 heavy (non-hydrogen) atoms. The molecular formula is C13H20N2O3. The first-order chi connectivity index (χ1) is 8.47. The van der Waals surface area contributed by atoms with Crippen molar-refractivity contribution in [3.8, 4) is 11.5 Å². The number of nitrogens with one attached hydrogen (secondary N) is 1. The third-order valence-electron chi connectivity index (χ3n) is 2.86. The Kier molecular flexibility index (Phi) is 4.97. The minimum Gasteiger partial charge on any atom is -0.504 e. The van der Waals surface area contributed by atoms with Crippen molar-refractivity contribution in [3.63, 3.8) is 0 Å². The maximum Gasteiger partial charge on any atom is 0.255 e. The van der Waals surface area contributed by atoms with Crippen molar-refractivity contribution in [1.29, 1.82) is 0 Å². The molecule has 5 heteroatoms. The number of hydrogen-bond donors (Lipinski definition) is 4. The van der Waals surface area contributed by atoms with Crippen LogP contribution >= 0.6 is 0 Å². The molecule has 0 aliphatic rings. The highest BCUT2D eigenvalue weighted by Gasteiger charge is 2.19. The van der Waals surface area contributed by atoms with E-state index in [0.717, 1.165) is 0 Å². The maximum atomic E-state index is 12.0. The zero-order chi connectivity index (χ0) is 13.7. The fourth-order valence-corrected chi connectivity index (χ4v) is 1.71. The number of rotatable bonds is 5. The fraction of sp³-hybridized carbons (Fsp3) is 0.462. The standard InChI is InChI=1S/C13H20N2O3/c1-8(2)10(6-7-14)15-13(18)9-4-3-5-11(16)12(9)17/h3-5,8,10,16-17H,6-7,14H2,1-2H3,(H,15,18). The fourth-order valence-electron chi connectivity index (χ4n) is 1.71. The molecule has 100 valence electrons. The van der Waals surface area contributed by atoms with Crippen LogP contribution in [0.2, 0.25) is 0 Å². The van der Waals surface area contributed by atoms with E-state index in [1.807, 2.05) is 13.8 Å². The Morgan fingerprint density at radius 2 is 2.06 bits per heavy atom. The summed E-state index contributed by atoms with van der Waals surface area (Å²) in [6.07, 6.45) is 0.670. The zero-order valence-electron chi connectivity index (χ0n) is 10.7. The molecule has 0 heterocycles. The van der Waals surface area contributed by atoms with Crippen LogP contribution in [0.5, 0.6) is 11.5 Å².